The predicted molar refractivity (Wildman–Crippen MR) is 35.2 cm³/mol. The summed E-state index contributed by atoms with van der Waals surface area (Å²) in [5.74, 6) is -0.163. The molecule has 0 fully saturated rings. The van der Waals surface area contributed by atoms with E-state index in [1.54, 1.807) is 14.1 Å². The van der Waals surface area contributed by atoms with Crippen LogP contribution in [0.3, 0.4) is 0 Å². The number of carbonyl (C=O) groups excluding carboxylic acids is 1. The Morgan fingerprint density at radius 2 is 1.89 bits per heavy atom. The van der Waals surface area contributed by atoms with Crippen LogP contribution in [-0.4, -0.2) is 24.9 Å². The third-order valence-corrected chi connectivity index (χ3v) is 0.731. The number of amides is 1. The van der Waals surface area contributed by atoms with Gasteiger partial charge in [0.2, 0.25) is 5.91 Å². The van der Waals surface area contributed by atoms with Crippen molar-refractivity contribution in [2.75, 3.05) is 14.1 Å². The summed E-state index contributed by atoms with van der Waals surface area (Å²) in [6.45, 7) is 0. The van der Waals surface area contributed by atoms with Gasteiger partial charge in [-0.1, -0.05) is 0 Å². The molecule has 0 radical (unpaired) electrons. The number of nitrogens with zero attached hydrogens (tertiary/aromatic N) is 1. The molecule has 0 saturated heterocycles. The van der Waals surface area contributed by atoms with E-state index < -0.39 is 0 Å². The highest BCUT2D eigenvalue weighted by Gasteiger charge is 1.96. The van der Waals surface area contributed by atoms with Gasteiger partial charge in [-0.15, -0.1) is 0 Å². The van der Waals surface area contributed by atoms with Crippen molar-refractivity contribution >= 4 is 5.91 Å². The summed E-state index contributed by atoms with van der Waals surface area (Å²) in [6.07, 6.45) is 1.17. The maximum absolute atomic E-state index is 10.6. The minimum absolute atomic E-state index is 0.0358. The first-order valence-corrected chi connectivity index (χ1v) is 2.48. The summed E-state index contributed by atoms with van der Waals surface area (Å²) in [6, 6.07) is 0. The van der Waals surface area contributed by atoms with Gasteiger partial charge in [-0.25, -0.2) is 0 Å². The Bertz CT molecular complexity index is 135. The van der Waals surface area contributed by atoms with Gasteiger partial charge in [-0.2, -0.15) is 0 Å². The Kier molecular flexibility index (Phi) is 2.57. The molecule has 0 aromatic heterocycles. The van der Waals surface area contributed by atoms with Crippen molar-refractivity contribution in [1.29, 1.82) is 0 Å². The zero-order valence-electron chi connectivity index (χ0n) is 5.59. The van der Waals surface area contributed by atoms with Crippen LogP contribution in [0.5, 0.6) is 0 Å². The minimum Gasteiger partial charge on any atom is -0.386 e. The fourth-order valence-electron chi connectivity index (χ4n) is 0.272. The number of nitrogens with two attached hydrogens (primary N) is 2. The molecule has 0 rings (SSSR count). The molecule has 0 aliphatic heterocycles. The Labute approximate surface area is 54.1 Å². The van der Waals surface area contributed by atoms with Crippen molar-refractivity contribution in [2.24, 2.45) is 11.5 Å². The van der Waals surface area contributed by atoms with E-state index in [2.05, 4.69) is 0 Å². The normalized spacial score (nSPS) is 8.22. The van der Waals surface area contributed by atoms with E-state index >= 15 is 0 Å². The summed E-state index contributed by atoms with van der Waals surface area (Å²) in [5, 5.41) is 0. The Morgan fingerprint density at radius 1 is 1.44 bits per heavy atom. The Morgan fingerprint density at radius 3 is 2.00 bits per heavy atom. The van der Waals surface area contributed by atoms with Gasteiger partial charge in [-0.3, -0.25) is 4.79 Å². The molecule has 0 atom stereocenters. The molecule has 4 nitrogen and oxygen atoms in total. The summed E-state index contributed by atoms with van der Waals surface area (Å²) >= 11 is 0. The van der Waals surface area contributed by atoms with Gasteiger partial charge in [0.1, 0.15) is 0 Å². The molecule has 0 aliphatic rings. The second kappa shape index (κ2) is 2.96. The van der Waals surface area contributed by atoms with Gasteiger partial charge in [-0.05, 0) is 0 Å². The third kappa shape index (κ3) is 3.40. The number of rotatable bonds is 1. The molecule has 52 valence electrons. The minimum atomic E-state index is -0.199. The van der Waals surface area contributed by atoms with Crippen LogP contribution in [0.15, 0.2) is 11.9 Å². The maximum atomic E-state index is 10.6. The summed E-state index contributed by atoms with van der Waals surface area (Å²) < 4.78 is 0. The molecule has 9 heavy (non-hydrogen) atoms. The van der Waals surface area contributed by atoms with E-state index in [1.807, 2.05) is 0 Å². The second-order valence-corrected chi connectivity index (χ2v) is 1.88. The van der Waals surface area contributed by atoms with E-state index in [4.69, 9.17) is 11.5 Å². The molecule has 0 heterocycles. The SMILES string of the molecule is CN(C)C(=O)C=C(N)N. The van der Waals surface area contributed by atoms with Crippen molar-refractivity contribution in [3.8, 4) is 0 Å². The van der Waals surface area contributed by atoms with Gasteiger partial charge < -0.3 is 16.4 Å². The summed E-state index contributed by atoms with van der Waals surface area (Å²) in [4.78, 5) is 12.0. The van der Waals surface area contributed by atoms with Crippen molar-refractivity contribution in [3.05, 3.63) is 11.9 Å². The quantitative estimate of drug-likeness (QED) is 0.438. The lowest BCUT2D eigenvalue weighted by Crippen LogP contribution is -2.22. The summed E-state index contributed by atoms with van der Waals surface area (Å²) in [7, 11) is 3.25. The average Bonchev–Trinajstić information content (AvgIpc) is 1.63. The number of hydrogen-bond acceptors (Lipinski definition) is 3. The molecule has 4 heteroatoms. The largest absolute Gasteiger partial charge is 0.386 e. The van der Waals surface area contributed by atoms with Crippen LogP contribution in [0.1, 0.15) is 0 Å². The zero-order chi connectivity index (χ0) is 7.44. The van der Waals surface area contributed by atoms with Crippen molar-refractivity contribution in [1.82, 2.24) is 4.90 Å². The van der Waals surface area contributed by atoms with Crippen molar-refractivity contribution in [3.63, 3.8) is 0 Å². The van der Waals surface area contributed by atoms with Crippen LogP contribution in [-0.2, 0) is 4.79 Å². The highest BCUT2D eigenvalue weighted by Crippen LogP contribution is 1.80. The van der Waals surface area contributed by atoms with E-state index in [0.29, 0.717) is 0 Å². The zero-order valence-corrected chi connectivity index (χ0v) is 5.59. The van der Waals surface area contributed by atoms with Gasteiger partial charge in [0, 0.05) is 20.2 Å². The second-order valence-electron chi connectivity index (χ2n) is 1.88. The molecule has 1 amide bonds. The van der Waals surface area contributed by atoms with Gasteiger partial charge in [0.25, 0.3) is 0 Å². The van der Waals surface area contributed by atoms with Crippen LogP contribution in [0.4, 0.5) is 0 Å². The highest BCUT2D eigenvalue weighted by atomic mass is 16.2. The first-order valence-electron chi connectivity index (χ1n) is 2.48. The first-order chi connectivity index (χ1) is 4.04. The number of carbonyl (C=O) groups is 1. The molecule has 0 aromatic rings. The topological polar surface area (TPSA) is 72.3 Å². The van der Waals surface area contributed by atoms with E-state index in [1.165, 1.54) is 11.0 Å². The van der Waals surface area contributed by atoms with Crippen LogP contribution in [0, 0.1) is 0 Å². The standard InChI is InChI=1S/C5H11N3O/c1-8(2)5(9)3-4(6)7/h3H,6-7H2,1-2H3. The lowest BCUT2D eigenvalue weighted by molar-refractivity contribution is -0.123. The van der Waals surface area contributed by atoms with Crippen LogP contribution >= 0.6 is 0 Å². The average molecular weight is 129 g/mol. The van der Waals surface area contributed by atoms with Crippen LogP contribution < -0.4 is 11.5 Å². The fraction of sp³-hybridized carbons (Fsp3) is 0.400. The van der Waals surface area contributed by atoms with Gasteiger partial charge in [0.15, 0.2) is 0 Å². The first kappa shape index (κ1) is 7.81. The molecular weight excluding hydrogens is 118 g/mol. The smallest absolute Gasteiger partial charge is 0.249 e. The van der Waals surface area contributed by atoms with Gasteiger partial charge >= 0.3 is 0 Å². The molecule has 0 bridgehead atoms. The molecule has 0 aliphatic carbocycles. The molecule has 0 aromatic carbocycles. The lowest BCUT2D eigenvalue weighted by atomic mass is 10.5. The third-order valence-electron chi connectivity index (χ3n) is 0.731. The maximum Gasteiger partial charge on any atom is 0.249 e. The Hall–Kier alpha value is -1.19. The van der Waals surface area contributed by atoms with E-state index in [9.17, 15) is 4.79 Å². The Balaban J connectivity index is 3.93. The van der Waals surface area contributed by atoms with Crippen molar-refractivity contribution < 1.29 is 4.79 Å². The van der Waals surface area contributed by atoms with E-state index in [0.717, 1.165) is 0 Å². The molecule has 4 N–H and O–H groups in total. The molecule has 0 spiro atoms. The van der Waals surface area contributed by atoms with Crippen LogP contribution in [0.25, 0.3) is 0 Å². The van der Waals surface area contributed by atoms with E-state index in [-0.39, 0.29) is 11.7 Å². The fourth-order valence-corrected chi connectivity index (χ4v) is 0.272. The molecule has 0 unspecified atom stereocenters. The predicted octanol–water partition coefficient (Wildman–Crippen LogP) is -1.17. The lowest BCUT2D eigenvalue weighted by Gasteiger charge is -2.05. The number of likely N-dealkylation sites (N-methyl/N-ethyl adjacent to an activating group) is 1. The molecular formula is C5H11N3O. The monoisotopic (exact) mass is 129 g/mol. The highest BCUT2D eigenvalue weighted by molar-refractivity contribution is 5.87. The van der Waals surface area contributed by atoms with Crippen molar-refractivity contribution in [2.45, 2.75) is 0 Å². The summed E-state index contributed by atoms with van der Waals surface area (Å²) in [5.41, 5.74) is 10.0. The van der Waals surface area contributed by atoms with Gasteiger partial charge in [0.05, 0.1) is 5.82 Å². The molecule has 0 saturated carbocycles. The number of hydrogen-bond donors (Lipinski definition) is 2. The van der Waals surface area contributed by atoms with Crippen LogP contribution in [0.2, 0.25) is 0 Å².